The van der Waals surface area contributed by atoms with Gasteiger partial charge in [-0.2, -0.15) is 8.78 Å². The van der Waals surface area contributed by atoms with Crippen molar-refractivity contribution >= 4 is 22.9 Å². The Labute approximate surface area is 188 Å². The lowest BCUT2D eigenvalue weighted by molar-refractivity contribution is -0.0494. The van der Waals surface area contributed by atoms with Crippen molar-refractivity contribution in [1.29, 1.82) is 0 Å². The van der Waals surface area contributed by atoms with Crippen molar-refractivity contribution in [3.8, 4) is 16.3 Å². The van der Waals surface area contributed by atoms with E-state index in [4.69, 9.17) is 11.6 Å². The predicted octanol–water partition coefficient (Wildman–Crippen LogP) is 5.33. The van der Waals surface area contributed by atoms with Crippen LogP contribution in [0.25, 0.3) is 10.6 Å². The Kier molecular flexibility index (Phi) is 8.55. The summed E-state index contributed by atoms with van der Waals surface area (Å²) in [5.41, 5.74) is 0.536. The van der Waals surface area contributed by atoms with Crippen LogP contribution in [-0.4, -0.2) is 54.5 Å². The van der Waals surface area contributed by atoms with Gasteiger partial charge in [0.25, 0.3) is 5.92 Å². The Bertz CT molecular complexity index is 838. The van der Waals surface area contributed by atoms with Gasteiger partial charge in [0, 0.05) is 30.7 Å². The minimum Gasteiger partial charge on any atom is -0.434 e. The normalized spacial score (nSPS) is 20.4. The molecule has 2 unspecified atom stereocenters. The lowest BCUT2D eigenvalue weighted by Gasteiger charge is -2.36. The SMILES string of the molecule is CC1CC(CNCC(F)(F)CCl)CN(Cc2cnc(-c3ccccc3OC(F)F)s2)C1. The molecule has 1 fully saturated rings. The number of thiazole rings is 1. The number of ether oxygens (including phenoxy) is 1. The van der Waals surface area contributed by atoms with Crippen LogP contribution >= 0.6 is 22.9 Å². The summed E-state index contributed by atoms with van der Waals surface area (Å²) in [6.45, 7) is 1.73. The van der Waals surface area contributed by atoms with Crippen LogP contribution in [0.2, 0.25) is 0 Å². The average Bonchev–Trinajstić information content (AvgIpc) is 3.15. The number of halogens is 5. The number of aromatic nitrogens is 1. The quantitative estimate of drug-likeness (QED) is 0.369. The topological polar surface area (TPSA) is 37.4 Å². The fourth-order valence-corrected chi connectivity index (χ4v) is 5.03. The Hall–Kier alpha value is -1.42. The third-order valence-corrected chi connectivity index (χ3v) is 6.51. The molecule has 1 saturated heterocycles. The molecule has 2 aromatic rings. The molecule has 0 amide bonds. The van der Waals surface area contributed by atoms with Gasteiger partial charge in [-0.05, 0) is 36.9 Å². The van der Waals surface area contributed by atoms with Crippen molar-refractivity contribution < 1.29 is 22.3 Å². The van der Waals surface area contributed by atoms with E-state index in [1.807, 2.05) is 0 Å². The zero-order valence-electron chi connectivity index (χ0n) is 17.2. The number of nitrogens with one attached hydrogen (secondary N) is 1. The molecule has 0 bridgehead atoms. The summed E-state index contributed by atoms with van der Waals surface area (Å²) in [5, 5.41) is 3.48. The van der Waals surface area contributed by atoms with Crippen molar-refractivity contribution in [2.45, 2.75) is 32.4 Å². The van der Waals surface area contributed by atoms with Crippen molar-refractivity contribution in [2.24, 2.45) is 11.8 Å². The zero-order chi connectivity index (χ0) is 22.4. The molecule has 1 N–H and O–H groups in total. The third-order valence-electron chi connectivity index (χ3n) is 5.10. The molecule has 10 heteroatoms. The van der Waals surface area contributed by atoms with Gasteiger partial charge in [0.1, 0.15) is 10.8 Å². The fourth-order valence-electron chi connectivity index (χ4n) is 3.95. The van der Waals surface area contributed by atoms with Crippen LogP contribution in [0, 0.1) is 11.8 Å². The summed E-state index contributed by atoms with van der Waals surface area (Å²) in [5.74, 6) is -2.77. The van der Waals surface area contributed by atoms with E-state index in [1.165, 1.54) is 17.4 Å². The molecular weight excluding hydrogens is 454 g/mol. The fraction of sp³-hybridized carbons (Fsp3) is 0.571. The Morgan fingerprint density at radius 1 is 1.32 bits per heavy atom. The molecule has 0 saturated carbocycles. The number of piperidine rings is 1. The summed E-state index contributed by atoms with van der Waals surface area (Å²) in [6.07, 6.45) is 2.73. The molecule has 31 heavy (non-hydrogen) atoms. The first-order valence-corrected chi connectivity index (χ1v) is 11.5. The van der Waals surface area contributed by atoms with Gasteiger partial charge in [-0.3, -0.25) is 4.90 Å². The van der Waals surface area contributed by atoms with Crippen molar-refractivity contribution in [3.05, 3.63) is 35.3 Å². The van der Waals surface area contributed by atoms with Crippen LogP contribution in [0.1, 0.15) is 18.2 Å². The summed E-state index contributed by atoms with van der Waals surface area (Å²) < 4.78 is 56.6. The summed E-state index contributed by atoms with van der Waals surface area (Å²) in [4.78, 5) is 7.70. The molecule has 4 nitrogen and oxygen atoms in total. The van der Waals surface area contributed by atoms with E-state index in [1.54, 1.807) is 24.4 Å². The average molecular weight is 480 g/mol. The lowest BCUT2D eigenvalue weighted by atomic mass is 9.90. The molecule has 1 aromatic carbocycles. The minimum atomic E-state index is -2.90. The van der Waals surface area contributed by atoms with Gasteiger partial charge < -0.3 is 10.1 Å². The van der Waals surface area contributed by atoms with Gasteiger partial charge >= 0.3 is 6.61 Å². The Balaban J connectivity index is 1.60. The van der Waals surface area contributed by atoms with Crippen LogP contribution in [0.3, 0.4) is 0 Å². The molecule has 0 radical (unpaired) electrons. The molecule has 0 spiro atoms. The molecular formula is C21H26ClF4N3OS. The lowest BCUT2D eigenvalue weighted by Crippen LogP contribution is -2.44. The number of benzene rings is 1. The highest BCUT2D eigenvalue weighted by Crippen LogP contribution is 2.34. The maximum atomic E-state index is 13.3. The molecule has 3 rings (SSSR count). The molecule has 172 valence electrons. The second kappa shape index (κ2) is 10.9. The number of hydrogen-bond donors (Lipinski definition) is 1. The number of alkyl halides is 5. The highest BCUT2D eigenvalue weighted by molar-refractivity contribution is 7.15. The minimum absolute atomic E-state index is 0.102. The van der Waals surface area contributed by atoms with Crippen molar-refractivity contribution in [1.82, 2.24) is 15.2 Å². The van der Waals surface area contributed by atoms with Gasteiger partial charge in [-0.25, -0.2) is 13.8 Å². The largest absolute Gasteiger partial charge is 0.434 e. The predicted molar refractivity (Wildman–Crippen MR) is 115 cm³/mol. The summed E-state index contributed by atoms with van der Waals surface area (Å²) in [7, 11) is 0. The molecule has 1 aliphatic heterocycles. The van der Waals surface area contributed by atoms with Gasteiger partial charge in [-0.15, -0.1) is 22.9 Å². The summed E-state index contributed by atoms with van der Waals surface area (Å²) >= 11 is 6.72. The van der Waals surface area contributed by atoms with Gasteiger partial charge in [0.15, 0.2) is 0 Å². The highest BCUT2D eigenvalue weighted by Gasteiger charge is 2.29. The van der Waals surface area contributed by atoms with Gasteiger partial charge in [0.05, 0.1) is 18.0 Å². The van der Waals surface area contributed by atoms with Crippen molar-refractivity contribution in [2.75, 3.05) is 32.1 Å². The van der Waals surface area contributed by atoms with Gasteiger partial charge in [0.2, 0.25) is 0 Å². The van der Waals surface area contributed by atoms with E-state index in [9.17, 15) is 17.6 Å². The van der Waals surface area contributed by atoms with E-state index in [-0.39, 0.29) is 11.7 Å². The maximum absolute atomic E-state index is 13.3. The number of likely N-dealkylation sites (tertiary alicyclic amines) is 1. The standard InChI is InChI=1S/C21H26ClF4N3OS/c1-14-6-15(7-27-13-21(25,26)12-22)10-29(9-14)11-16-8-28-19(31-16)17-4-2-3-5-18(17)30-20(23)24/h2-5,8,14-15,20,27H,6-7,9-13H2,1H3. The van der Waals surface area contributed by atoms with Crippen LogP contribution in [0.15, 0.2) is 30.5 Å². The second-order valence-electron chi connectivity index (χ2n) is 8.03. The first-order chi connectivity index (χ1) is 14.8. The summed E-state index contributed by atoms with van der Waals surface area (Å²) in [6, 6.07) is 6.61. The van der Waals surface area contributed by atoms with Crippen LogP contribution in [-0.2, 0) is 6.54 Å². The van der Waals surface area contributed by atoms with E-state index in [2.05, 4.69) is 26.9 Å². The number of rotatable bonds is 10. The Morgan fingerprint density at radius 3 is 2.84 bits per heavy atom. The number of para-hydroxylation sites is 1. The molecule has 1 aliphatic rings. The second-order valence-corrected chi connectivity index (χ2v) is 9.41. The van der Waals surface area contributed by atoms with E-state index < -0.39 is 25.0 Å². The van der Waals surface area contributed by atoms with Crippen LogP contribution in [0.5, 0.6) is 5.75 Å². The molecule has 1 aromatic heterocycles. The molecule has 0 aliphatic carbocycles. The van der Waals surface area contributed by atoms with Crippen LogP contribution < -0.4 is 10.1 Å². The van der Waals surface area contributed by atoms with Gasteiger partial charge in [-0.1, -0.05) is 19.1 Å². The zero-order valence-corrected chi connectivity index (χ0v) is 18.7. The monoisotopic (exact) mass is 479 g/mol. The maximum Gasteiger partial charge on any atom is 0.387 e. The number of hydrogen-bond acceptors (Lipinski definition) is 5. The van der Waals surface area contributed by atoms with E-state index >= 15 is 0 Å². The van der Waals surface area contributed by atoms with E-state index in [0.717, 1.165) is 24.4 Å². The molecule has 2 heterocycles. The smallest absolute Gasteiger partial charge is 0.387 e. The van der Waals surface area contributed by atoms with Crippen molar-refractivity contribution in [3.63, 3.8) is 0 Å². The molecule has 2 atom stereocenters. The number of nitrogens with zero attached hydrogens (tertiary/aromatic N) is 2. The van der Waals surface area contributed by atoms with E-state index in [0.29, 0.717) is 29.6 Å². The third kappa shape index (κ3) is 7.30. The first kappa shape index (κ1) is 24.2. The Morgan fingerprint density at radius 2 is 2.10 bits per heavy atom. The first-order valence-electron chi connectivity index (χ1n) is 10.1. The highest BCUT2D eigenvalue weighted by atomic mass is 35.5. The van der Waals surface area contributed by atoms with Crippen LogP contribution in [0.4, 0.5) is 17.6 Å².